The molecular formula is C9H8BrFN4. The molecule has 0 fully saturated rings. The van der Waals surface area contributed by atoms with Crippen molar-refractivity contribution in [2.75, 3.05) is 0 Å². The van der Waals surface area contributed by atoms with Crippen LogP contribution in [-0.4, -0.2) is 19.7 Å². The number of aromatic nitrogens is 4. The first-order chi connectivity index (χ1) is 7.09. The summed E-state index contributed by atoms with van der Waals surface area (Å²) in [5.74, 6) is -0.0953. The molecule has 2 aromatic rings. The molecule has 0 saturated heterocycles. The molecule has 2 heterocycles. The van der Waals surface area contributed by atoms with Gasteiger partial charge >= 0.3 is 0 Å². The minimum atomic E-state index is -0.459. The lowest BCUT2D eigenvalue weighted by Gasteiger charge is -2.00. The number of aryl methyl sites for hydroxylation is 1. The average Bonchev–Trinajstić information content (AvgIpc) is 2.47. The number of hydrogen-bond donors (Lipinski definition) is 0. The Morgan fingerprint density at radius 1 is 1.27 bits per heavy atom. The molecule has 2 rings (SSSR count). The van der Waals surface area contributed by atoms with Crippen molar-refractivity contribution in [1.82, 2.24) is 19.7 Å². The highest BCUT2D eigenvalue weighted by molar-refractivity contribution is 9.10. The van der Waals surface area contributed by atoms with Gasteiger partial charge in [0.2, 0.25) is 0 Å². The van der Waals surface area contributed by atoms with E-state index >= 15 is 0 Å². The van der Waals surface area contributed by atoms with E-state index in [1.54, 1.807) is 4.68 Å². The molecule has 0 atom stereocenters. The van der Waals surface area contributed by atoms with E-state index in [1.165, 1.54) is 0 Å². The van der Waals surface area contributed by atoms with Gasteiger partial charge in [-0.25, -0.2) is 19.0 Å². The molecule has 0 bridgehead atoms. The lowest BCUT2D eigenvalue weighted by Crippen LogP contribution is -2.04. The van der Waals surface area contributed by atoms with E-state index in [1.807, 2.05) is 13.8 Å². The van der Waals surface area contributed by atoms with Crippen LogP contribution < -0.4 is 0 Å². The van der Waals surface area contributed by atoms with Crippen molar-refractivity contribution in [2.45, 2.75) is 13.8 Å². The molecule has 15 heavy (non-hydrogen) atoms. The minimum absolute atomic E-state index is 0.364. The van der Waals surface area contributed by atoms with Crippen LogP contribution in [0.5, 0.6) is 0 Å². The monoisotopic (exact) mass is 270 g/mol. The van der Waals surface area contributed by atoms with Crippen LogP contribution in [0.3, 0.4) is 0 Å². The van der Waals surface area contributed by atoms with Crippen molar-refractivity contribution in [3.05, 3.63) is 34.1 Å². The van der Waals surface area contributed by atoms with Gasteiger partial charge in [-0.1, -0.05) is 0 Å². The fraction of sp³-hybridized carbons (Fsp3) is 0.222. The molecule has 0 aromatic carbocycles. The minimum Gasteiger partial charge on any atom is -0.217 e. The molecule has 0 unspecified atom stereocenters. The largest absolute Gasteiger partial charge is 0.250 e. The van der Waals surface area contributed by atoms with Crippen molar-refractivity contribution in [3.8, 4) is 5.95 Å². The second-order valence-corrected chi connectivity index (χ2v) is 3.89. The zero-order valence-corrected chi connectivity index (χ0v) is 9.79. The normalized spacial score (nSPS) is 10.7. The molecule has 6 heteroatoms. The molecule has 0 spiro atoms. The van der Waals surface area contributed by atoms with Crippen LogP contribution in [0.4, 0.5) is 4.39 Å². The first-order valence-corrected chi connectivity index (χ1v) is 5.08. The summed E-state index contributed by atoms with van der Waals surface area (Å²) in [4.78, 5) is 7.71. The molecule has 0 saturated carbocycles. The summed E-state index contributed by atoms with van der Waals surface area (Å²) in [6.07, 6.45) is 2.24. The SMILES string of the molecule is Cc1nn(-c2ncc(F)cn2)c(C)c1Br. The molecule has 4 nitrogen and oxygen atoms in total. The molecular weight excluding hydrogens is 263 g/mol. The Hall–Kier alpha value is -1.30. The van der Waals surface area contributed by atoms with Gasteiger partial charge in [0.15, 0.2) is 5.82 Å². The van der Waals surface area contributed by atoms with E-state index in [0.717, 1.165) is 28.3 Å². The van der Waals surface area contributed by atoms with Gasteiger partial charge in [-0.3, -0.25) is 0 Å². The second kappa shape index (κ2) is 3.69. The zero-order valence-electron chi connectivity index (χ0n) is 8.20. The average molecular weight is 271 g/mol. The van der Waals surface area contributed by atoms with Crippen molar-refractivity contribution in [1.29, 1.82) is 0 Å². The van der Waals surface area contributed by atoms with Gasteiger partial charge in [-0.15, -0.1) is 0 Å². The van der Waals surface area contributed by atoms with Crippen LogP contribution in [0, 0.1) is 19.7 Å². The van der Waals surface area contributed by atoms with Crippen LogP contribution >= 0.6 is 15.9 Å². The highest BCUT2D eigenvalue weighted by Crippen LogP contribution is 2.21. The van der Waals surface area contributed by atoms with Crippen LogP contribution in [0.2, 0.25) is 0 Å². The van der Waals surface area contributed by atoms with E-state index in [0.29, 0.717) is 5.95 Å². The Morgan fingerprint density at radius 2 is 1.87 bits per heavy atom. The summed E-state index contributed by atoms with van der Waals surface area (Å²) in [7, 11) is 0. The third-order valence-corrected chi connectivity index (χ3v) is 3.15. The van der Waals surface area contributed by atoms with Gasteiger partial charge in [0.25, 0.3) is 5.95 Å². The predicted octanol–water partition coefficient (Wildman–Crippen LogP) is 2.18. The topological polar surface area (TPSA) is 43.6 Å². The summed E-state index contributed by atoms with van der Waals surface area (Å²) in [5.41, 5.74) is 1.74. The molecule has 0 radical (unpaired) electrons. The van der Waals surface area contributed by atoms with Crippen LogP contribution in [0.25, 0.3) is 5.95 Å². The lowest BCUT2D eigenvalue weighted by atomic mass is 10.4. The van der Waals surface area contributed by atoms with E-state index in [4.69, 9.17) is 0 Å². The van der Waals surface area contributed by atoms with Crippen LogP contribution in [0.15, 0.2) is 16.9 Å². The molecule has 0 N–H and O–H groups in total. The standard InChI is InChI=1S/C9H8BrFN4/c1-5-8(10)6(2)15(14-5)9-12-3-7(11)4-13-9/h3-4H,1-2H3. The summed E-state index contributed by atoms with van der Waals surface area (Å²) in [6.45, 7) is 3.76. The number of nitrogens with zero attached hydrogens (tertiary/aromatic N) is 4. The van der Waals surface area contributed by atoms with Crippen molar-refractivity contribution >= 4 is 15.9 Å². The van der Waals surface area contributed by atoms with Gasteiger partial charge < -0.3 is 0 Å². The maximum Gasteiger partial charge on any atom is 0.250 e. The molecule has 0 aliphatic carbocycles. The van der Waals surface area contributed by atoms with E-state index in [2.05, 4.69) is 31.0 Å². The van der Waals surface area contributed by atoms with Crippen molar-refractivity contribution < 1.29 is 4.39 Å². The van der Waals surface area contributed by atoms with Gasteiger partial charge in [0, 0.05) is 0 Å². The van der Waals surface area contributed by atoms with E-state index < -0.39 is 5.82 Å². The maximum absolute atomic E-state index is 12.6. The Morgan fingerprint density at radius 3 is 2.33 bits per heavy atom. The van der Waals surface area contributed by atoms with Gasteiger partial charge in [-0.05, 0) is 29.8 Å². The van der Waals surface area contributed by atoms with Gasteiger partial charge in [0.1, 0.15) is 0 Å². The Bertz CT molecular complexity index is 492. The highest BCUT2D eigenvalue weighted by atomic mass is 79.9. The zero-order chi connectivity index (χ0) is 11.0. The van der Waals surface area contributed by atoms with Crippen molar-refractivity contribution in [2.24, 2.45) is 0 Å². The Balaban J connectivity index is 2.54. The maximum atomic E-state index is 12.6. The predicted molar refractivity (Wildman–Crippen MR) is 56.3 cm³/mol. The highest BCUT2D eigenvalue weighted by Gasteiger charge is 2.11. The summed E-state index contributed by atoms with van der Waals surface area (Å²) in [6, 6.07) is 0. The third kappa shape index (κ3) is 1.77. The van der Waals surface area contributed by atoms with Gasteiger partial charge in [-0.2, -0.15) is 5.10 Å². The van der Waals surface area contributed by atoms with Gasteiger partial charge in [0.05, 0.1) is 28.3 Å². The molecule has 78 valence electrons. The fourth-order valence-electron chi connectivity index (χ4n) is 1.23. The number of halogens is 2. The quantitative estimate of drug-likeness (QED) is 0.798. The first kappa shape index (κ1) is 10.2. The van der Waals surface area contributed by atoms with E-state index in [-0.39, 0.29) is 0 Å². The number of hydrogen-bond acceptors (Lipinski definition) is 3. The molecule has 0 amide bonds. The Labute approximate surface area is 94.3 Å². The Kier molecular flexibility index (Phi) is 2.52. The summed E-state index contributed by atoms with van der Waals surface area (Å²) >= 11 is 3.40. The molecule has 0 aliphatic heterocycles. The first-order valence-electron chi connectivity index (χ1n) is 4.29. The molecule has 0 aliphatic rings. The van der Waals surface area contributed by atoms with E-state index in [9.17, 15) is 4.39 Å². The fourth-order valence-corrected chi connectivity index (χ4v) is 1.48. The number of rotatable bonds is 1. The van der Waals surface area contributed by atoms with Crippen LogP contribution in [-0.2, 0) is 0 Å². The second-order valence-electron chi connectivity index (χ2n) is 3.10. The summed E-state index contributed by atoms with van der Waals surface area (Å²) < 4.78 is 15.1. The summed E-state index contributed by atoms with van der Waals surface area (Å²) in [5, 5.41) is 4.23. The lowest BCUT2D eigenvalue weighted by molar-refractivity contribution is 0.607. The van der Waals surface area contributed by atoms with Crippen LogP contribution in [0.1, 0.15) is 11.4 Å². The molecule has 2 aromatic heterocycles. The smallest absolute Gasteiger partial charge is 0.217 e. The van der Waals surface area contributed by atoms with Crippen molar-refractivity contribution in [3.63, 3.8) is 0 Å². The third-order valence-electron chi connectivity index (χ3n) is 2.00.